The van der Waals surface area contributed by atoms with Crippen molar-refractivity contribution in [2.45, 2.75) is 6.54 Å². The number of anilines is 1. The monoisotopic (exact) mass is 450 g/mol. The van der Waals surface area contributed by atoms with Crippen molar-refractivity contribution in [1.29, 1.82) is 0 Å². The molecular weight excluding hydrogens is 432 g/mol. The molecule has 0 aliphatic rings. The summed E-state index contributed by atoms with van der Waals surface area (Å²) in [4.78, 5) is 32.7. The van der Waals surface area contributed by atoms with Gasteiger partial charge >= 0.3 is 0 Å². The lowest BCUT2D eigenvalue weighted by Crippen LogP contribution is -2.13. The van der Waals surface area contributed by atoms with Crippen LogP contribution in [-0.2, 0) is 6.54 Å². The fraction of sp³-hybridized carbons (Fsp3) is 0.0400. The highest BCUT2D eigenvalue weighted by Crippen LogP contribution is 2.26. The Hall–Kier alpha value is -4.92. The van der Waals surface area contributed by atoms with E-state index in [9.17, 15) is 14.9 Å². The Kier molecular flexibility index (Phi) is 5.49. The molecular formula is C25H18N6O3. The lowest BCUT2D eigenvalue weighted by atomic mass is 10.1. The fourth-order valence-electron chi connectivity index (χ4n) is 3.64. The van der Waals surface area contributed by atoms with E-state index in [-0.39, 0.29) is 11.6 Å². The standard InChI is InChI=1S/C25H18N6O3/c32-25(28-19-8-10-20(11-9-19)31(33)34)21-13-23(18-6-2-1-3-7-18)29-24-22(21)15-27-30(24)16-17-5-4-12-26-14-17/h1-15H,16H2,(H,28,32). The summed E-state index contributed by atoms with van der Waals surface area (Å²) in [6.07, 6.45) is 5.09. The summed E-state index contributed by atoms with van der Waals surface area (Å²) >= 11 is 0. The van der Waals surface area contributed by atoms with Gasteiger partial charge in [-0.25, -0.2) is 9.67 Å². The van der Waals surface area contributed by atoms with Gasteiger partial charge in [-0.3, -0.25) is 19.9 Å². The highest BCUT2D eigenvalue weighted by atomic mass is 16.6. The number of nitro groups is 1. The van der Waals surface area contributed by atoms with Crippen LogP contribution >= 0.6 is 0 Å². The Labute approximate surface area is 193 Å². The molecule has 34 heavy (non-hydrogen) atoms. The van der Waals surface area contributed by atoms with Gasteiger partial charge in [0.1, 0.15) is 0 Å². The molecule has 5 rings (SSSR count). The highest BCUT2D eigenvalue weighted by Gasteiger charge is 2.18. The molecule has 0 spiro atoms. The van der Waals surface area contributed by atoms with Gasteiger partial charge in [-0.05, 0) is 29.8 Å². The molecule has 1 N–H and O–H groups in total. The quantitative estimate of drug-likeness (QED) is 0.296. The molecule has 0 fully saturated rings. The molecule has 9 nitrogen and oxygen atoms in total. The van der Waals surface area contributed by atoms with Crippen molar-refractivity contribution in [3.8, 4) is 11.3 Å². The SMILES string of the molecule is O=C(Nc1ccc([N+](=O)[O-])cc1)c1cc(-c2ccccc2)nc2c1cnn2Cc1cccnc1. The highest BCUT2D eigenvalue weighted by molar-refractivity contribution is 6.12. The number of carbonyl (C=O) groups excluding carboxylic acids is 1. The van der Waals surface area contributed by atoms with Gasteiger partial charge in [-0.15, -0.1) is 0 Å². The molecule has 5 aromatic rings. The third kappa shape index (κ3) is 4.22. The number of nitro benzene ring substituents is 1. The van der Waals surface area contributed by atoms with Gasteiger partial charge in [0.25, 0.3) is 11.6 Å². The number of fused-ring (bicyclic) bond motifs is 1. The van der Waals surface area contributed by atoms with E-state index >= 15 is 0 Å². The number of nitrogens with zero attached hydrogens (tertiary/aromatic N) is 5. The van der Waals surface area contributed by atoms with Gasteiger partial charge in [-0.2, -0.15) is 5.10 Å². The van der Waals surface area contributed by atoms with Crippen molar-refractivity contribution < 1.29 is 9.72 Å². The number of hydrogen-bond acceptors (Lipinski definition) is 6. The van der Waals surface area contributed by atoms with Crippen molar-refractivity contribution in [3.63, 3.8) is 0 Å². The topological polar surface area (TPSA) is 116 Å². The molecule has 2 aromatic carbocycles. The third-order valence-corrected chi connectivity index (χ3v) is 5.31. The third-order valence-electron chi connectivity index (χ3n) is 5.31. The summed E-state index contributed by atoms with van der Waals surface area (Å²) in [7, 11) is 0. The lowest BCUT2D eigenvalue weighted by Gasteiger charge is -2.10. The van der Waals surface area contributed by atoms with E-state index < -0.39 is 4.92 Å². The minimum absolute atomic E-state index is 0.0488. The van der Waals surface area contributed by atoms with Gasteiger partial charge in [0.15, 0.2) is 5.65 Å². The van der Waals surface area contributed by atoms with Crippen LogP contribution in [0, 0.1) is 10.1 Å². The number of non-ortho nitro benzene ring substituents is 1. The van der Waals surface area contributed by atoms with Gasteiger partial charge in [0, 0.05) is 35.8 Å². The molecule has 0 unspecified atom stereocenters. The second kappa shape index (κ2) is 8.91. The average Bonchev–Trinajstić information content (AvgIpc) is 3.27. The summed E-state index contributed by atoms with van der Waals surface area (Å²) in [5.74, 6) is -0.362. The molecule has 166 valence electrons. The predicted octanol–water partition coefficient (Wildman–Crippen LogP) is 4.70. The molecule has 3 heterocycles. The van der Waals surface area contributed by atoms with Crippen molar-refractivity contribution in [2.24, 2.45) is 0 Å². The van der Waals surface area contributed by atoms with E-state index in [1.807, 2.05) is 42.5 Å². The molecule has 0 aliphatic carbocycles. The van der Waals surface area contributed by atoms with Gasteiger partial charge in [0.2, 0.25) is 0 Å². The summed E-state index contributed by atoms with van der Waals surface area (Å²) in [5, 5.41) is 18.8. The number of hydrogen-bond donors (Lipinski definition) is 1. The number of aromatic nitrogens is 4. The van der Waals surface area contributed by atoms with E-state index in [0.717, 1.165) is 11.1 Å². The van der Waals surface area contributed by atoms with Gasteiger partial charge < -0.3 is 5.32 Å². The molecule has 0 bridgehead atoms. The first-order chi connectivity index (χ1) is 16.6. The maximum Gasteiger partial charge on any atom is 0.269 e. The molecule has 9 heteroatoms. The Bertz CT molecular complexity index is 1480. The second-order valence-electron chi connectivity index (χ2n) is 7.58. The summed E-state index contributed by atoms with van der Waals surface area (Å²) < 4.78 is 1.74. The second-order valence-corrected chi connectivity index (χ2v) is 7.58. The fourth-order valence-corrected chi connectivity index (χ4v) is 3.64. The number of rotatable bonds is 6. The molecule has 0 saturated carbocycles. The van der Waals surface area contributed by atoms with Crippen LogP contribution in [-0.4, -0.2) is 30.6 Å². The molecule has 1 amide bonds. The van der Waals surface area contributed by atoms with Crippen LogP contribution < -0.4 is 5.32 Å². The minimum atomic E-state index is -0.485. The Balaban J connectivity index is 1.56. The molecule has 0 atom stereocenters. The predicted molar refractivity (Wildman–Crippen MR) is 127 cm³/mol. The zero-order valence-corrected chi connectivity index (χ0v) is 17.8. The van der Waals surface area contributed by atoms with Gasteiger partial charge in [0.05, 0.1) is 34.3 Å². The van der Waals surface area contributed by atoms with Crippen LogP contribution in [0.2, 0.25) is 0 Å². The number of nitrogens with one attached hydrogen (secondary N) is 1. The molecule has 0 radical (unpaired) electrons. The number of carbonyl (C=O) groups is 1. The first-order valence-electron chi connectivity index (χ1n) is 10.5. The minimum Gasteiger partial charge on any atom is -0.322 e. The molecule has 3 aromatic heterocycles. The van der Waals surface area contributed by atoms with E-state index in [1.165, 1.54) is 24.3 Å². The van der Waals surface area contributed by atoms with E-state index in [1.54, 1.807) is 29.3 Å². The summed E-state index contributed by atoms with van der Waals surface area (Å²) in [5.41, 5.74) is 3.82. The van der Waals surface area contributed by atoms with Crippen LogP contribution in [0.3, 0.4) is 0 Å². The Morgan fingerprint density at radius 2 is 1.79 bits per heavy atom. The largest absolute Gasteiger partial charge is 0.322 e. The summed E-state index contributed by atoms with van der Waals surface area (Å²) in [6.45, 7) is 0.450. The summed E-state index contributed by atoms with van der Waals surface area (Å²) in [6, 6.07) is 20.8. The lowest BCUT2D eigenvalue weighted by molar-refractivity contribution is -0.384. The first-order valence-corrected chi connectivity index (χ1v) is 10.5. The number of pyridine rings is 2. The van der Waals surface area contributed by atoms with Crippen molar-refractivity contribution >= 4 is 28.3 Å². The van der Waals surface area contributed by atoms with E-state index in [0.29, 0.717) is 34.5 Å². The number of amides is 1. The van der Waals surface area contributed by atoms with E-state index in [2.05, 4.69) is 15.4 Å². The number of benzene rings is 2. The maximum absolute atomic E-state index is 13.3. The zero-order chi connectivity index (χ0) is 23.5. The average molecular weight is 450 g/mol. The van der Waals surface area contributed by atoms with Crippen LogP contribution in [0.15, 0.2) is 91.4 Å². The Morgan fingerprint density at radius 3 is 2.50 bits per heavy atom. The van der Waals surface area contributed by atoms with Crippen molar-refractivity contribution in [2.75, 3.05) is 5.32 Å². The van der Waals surface area contributed by atoms with Crippen LogP contribution in [0.25, 0.3) is 22.3 Å². The molecule has 0 saturated heterocycles. The van der Waals surface area contributed by atoms with E-state index in [4.69, 9.17) is 4.98 Å². The normalized spacial score (nSPS) is 10.8. The first kappa shape index (κ1) is 21.0. The maximum atomic E-state index is 13.3. The zero-order valence-electron chi connectivity index (χ0n) is 17.8. The smallest absolute Gasteiger partial charge is 0.269 e. The van der Waals surface area contributed by atoms with Crippen LogP contribution in [0.4, 0.5) is 11.4 Å². The van der Waals surface area contributed by atoms with Crippen LogP contribution in [0.5, 0.6) is 0 Å². The Morgan fingerprint density at radius 1 is 1.00 bits per heavy atom. The molecule has 0 aliphatic heterocycles. The van der Waals surface area contributed by atoms with Crippen molar-refractivity contribution in [3.05, 3.63) is 113 Å². The van der Waals surface area contributed by atoms with Crippen molar-refractivity contribution in [1.82, 2.24) is 19.7 Å². The van der Waals surface area contributed by atoms with Crippen LogP contribution in [0.1, 0.15) is 15.9 Å². The van der Waals surface area contributed by atoms with Gasteiger partial charge in [-0.1, -0.05) is 36.4 Å².